The Kier molecular flexibility index (Phi) is 3.73. The number of aromatic nitrogens is 2. The van der Waals surface area contributed by atoms with Gasteiger partial charge in [0, 0.05) is 14.2 Å². The average molecular weight is 227 g/mol. The summed E-state index contributed by atoms with van der Waals surface area (Å²) in [6.45, 7) is 1.49. The SMILES string of the molecule is COCC(=O)Cc1c([N+](=O)[O-])c(C)nn1C. The van der Waals surface area contributed by atoms with Gasteiger partial charge in [-0.25, -0.2) is 0 Å². The Morgan fingerprint density at radius 1 is 1.62 bits per heavy atom. The molecule has 1 aromatic heterocycles. The molecule has 0 amide bonds. The fraction of sp³-hybridized carbons (Fsp3) is 0.556. The van der Waals surface area contributed by atoms with Crippen molar-refractivity contribution >= 4 is 11.5 Å². The van der Waals surface area contributed by atoms with E-state index in [1.54, 1.807) is 14.0 Å². The van der Waals surface area contributed by atoms with Gasteiger partial charge in [0.25, 0.3) is 0 Å². The second-order valence-electron chi connectivity index (χ2n) is 3.41. The molecule has 0 saturated carbocycles. The fourth-order valence-corrected chi connectivity index (χ4v) is 1.53. The first-order chi connectivity index (χ1) is 7.47. The summed E-state index contributed by atoms with van der Waals surface area (Å²) in [5.74, 6) is -0.214. The van der Waals surface area contributed by atoms with E-state index in [0.717, 1.165) is 0 Å². The number of nitrogens with zero attached hydrogens (tertiary/aromatic N) is 3. The van der Waals surface area contributed by atoms with Crippen LogP contribution in [-0.2, 0) is 23.0 Å². The molecule has 88 valence electrons. The van der Waals surface area contributed by atoms with Gasteiger partial charge in [0.15, 0.2) is 5.78 Å². The number of hydrogen-bond acceptors (Lipinski definition) is 5. The zero-order chi connectivity index (χ0) is 12.3. The number of Topliss-reactive ketones (excluding diaryl/α,β-unsaturated/α-hetero) is 1. The van der Waals surface area contributed by atoms with Crippen LogP contribution in [0.25, 0.3) is 0 Å². The molecule has 0 atom stereocenters. The Bertz CT molecular complexity index is 425. The summed E-state index contributed by atoms with van der Waals surface area (Å²) in [6.07, 6.45) is -0.0402. The van der Waals surface area contributed by atoms with E-state index < -0.39 is 4.92 Å². The highest BCUT2D eigenvalue weighted by Crippen LogP contribution is 2.22. The number of rotatable bonds is 5. The van der Waals surface area contributed by atoms with E-state index in [4.69, 9.17) is 0 Å². The van der Waals surface area contributed by atoms with E-state index in [9.17, 15) is 14.9 Å². The number of nitro groups is 1. The van der Waals surface area contributed by atoms with Gasteiger partial charge in [0.05, 0.1) is 11.3 Å². The normalized spacial score (nSPS) is 10.4. The zero-order valence-electron chi connectivity index (χ0n) is 9.39. The number of aryl methyl sites for hydroxylation is 2. The molecule has 0 aromatic carbocycles. The van der Waals surface area contributed by atoms with E-state index in [2.05, 4.69) is 9.84 Å². The van der Waals surface area contributed by atoms with Crippen LogP contribution in [0.5, 0.6) is 0 Å². The monoisotopic (exact) mass is 227 g/mol. The molecule has 0 N–H and O–H groups in total. The van der Waals surface area contributed by atoms with Crippen molar-refractivity contribution in [2.75, 3.05) is 13.7 Å². The summed E-state index contributed by atoms with van der Waals surface area (Å²) in [5, 5.41) is 14.7. The zero-order valence-corrected chi connectivity index (χ0v) is 9.39. The maximum absolute atomic E-state index is 11.4. The molecule has 16 heavy (non-hydrogen) atoms. The van der Waals surface area contributed by atoms with Gasteiger partial charge >= 0.3 is 5.69 Å². The van der Waals surface area contributed by atoms with Crippen LogP contribution < -0.4 is 0 Å². The van der Waals surface area contributed by atoms with Gasteiger partial charge in [-0.05, 0) is 6.92 Å². The molecule has 0 aliphatic rings. The summed E-state index contributed by atoms with van der Waals surface area (Å²) in [6, 6.07) is 0. The lowest BCUT2D eigenvalue weighted by Crippen LogP contribution is -2.13. The average Bonchev–Trinajstić information content (AvgIpc) is 2.41. The number of carbonyl (C=O) groups is 1. The number of ether oxygens (including phenoxy) is 1. The van der Waals surface area contributed by atoms with Crippen LogP contribution in [0.4, 0.5) is 5.69 Å². The van der Waals surface area contributed by atoms with E-state index in [1.165, 1.54) is 11.8 Å². The Morgan fingerprint density at radius 3 is 2.75 bits per heavy atom. The van der Waals surface area contributed by atoms with Crippen molar-refractivity contribution in [3.63, 3.8) is 0 Å². The first-order valence-electron chi connectivity index (χ1n) is 4.64. The minimum atomic E-state index is -0.516. The summed E-state index contributed by atoms with van der Waals surface area (Å²) in [7, 11) is 2.98. The molecular weight excluding hydrogens is 214 g/mol. The molecule has 7 heteroatoms. The minimum absolute atomic E-state index is 0.0402. The molecule has 1 heterocycles. The van der Waals surface area contributed by atoms with Crippen molar-refractivity contribution in [3.8, 4) is 0 Å². The lowest BCUT2D eigenvalue weighted by atomic mass is 10.2. The van der Waals surface area contributed by atoms with Crippen molar-refractivity contribution in [2.45, 2.75) is 13.3 Å². The quantitative estimate of drug-likeness (QED) is 0.536. The van der Waals surface area contributed by atoms with Gasteiger partial charge in [0.2, 0.25) is 0 Å². The van der Waals surface area contributed by atoms with Crippen LogP contribution in [0.3, 0.4) is 0 Å². The minimum Gasteiger partial charge on any atom is -0.377 e. The molecule has 0 saturated heterocycles. The van der Waals surface area contributed by atoms with Crippen molar-refractivity contribution in [2.24, 2.45) is 7.05 Å². The predicted octanol–water partition coefficient (Wildman–Crippen LogP) is 0.395. The second kappa shape index (κ2) is 4.84. The summed E-state index contributed by atoms with van der Waals surface area (Å²) >= 11 is 0. The van der Waals surface area contributed by atoms with Crippen LogP contribution in [0.15, 0.2) is 0 Å². The molecule has 7 nitrogen and oxygen atoms in total. The van der Waals surface area contributed by atoms with Gasteiger partial charge in [-0.15, -0.1) is 0 Å². The molecule has 0 spiro atoms. The maximum Gasteiger partial charge on any atom is 0.313 e. The summed E-state index contributed by atoms with van der Waals surface area (Å²) < 4.78 is 6.04. The van der Waals surface area contributed by atoms with E-state index in [-0.39, 0.29) is 24.5 Å². The molecule has 0 radical (unpaired) electrons. The third kappa shape index (κ3) is 2.43. The first kappa shape index (κ1) is 12.3. The number of ketones is 1. The molecular formula is C9H13N3O4. The number of hydrogen-bond donors (Lipinski definition) is 0. The molecule has 0 aliphatic carbocycles. The van der Waals surface area contributed by atoms with Crippen LogP contribution in [0.1, 0.15) is 11.4 Å². The Morgan fingerprint density at radius 2 is 2.25 bits per heavy atom. The van der Waals surface area contributed by atoms with E-state index in [0.29, 0.717) is 11.4 Å². The van der Waals surface area contributed by atoms with Gasteiger partial charge in [0.1, 0.15) is 18.0 Å². The largest absolute Gasteiger partial charge is 0.377 e. The lowest BCUT2D eigenvalue weighted by Gasteiger charge is -2.00. The van der Waals surface area contributed by atoms with Gasteiger partial charge in [-0.3, -0.25) is 19.6 Å². The smallest absolute Gasteiger partial charge is 0.313 e. The Labute approximate surface area is 92.2 Å². The molecule has 0 fully saturated rings. The van der Waals surface area contributed by atoms with Gasteiger partial charge < -0.3 is 4.74 Å². The van der Waals surface area contributed by atoms with Crippen molar-refractivity contribution < 1.29 is 14.5 Å². The highest BCUT2D eigenvalue weighted by molar-refractivity contribution is 5.82. The molecule has 0 aliphatic heterocycles. The summed E-state index contributed by atoms with van der Waals surface area (Å²) in [4.78, 5) is 21.6. The van der Waals surface area contributed by atoms with Crippen LogP contribution in [0, 0.1) is 17.0 Å². The Balaban J connectivity index is 3.03. The highest BCUT2D eigenvalue weighted by atomic mass is 16.6. The summed E-state index contributed by atoms with van der Waals surface area (Å²) in [5.41, 5.74) is 0.532. The van der Waals surface area contributed by atoms with Crippen molar-refractivity contribution in [1.29, 1.82) is 0 Å². The predicted molar refractivity (Wildman–Crippen MR) is 55.2 cm³/mol. The number of methoxy groups -OCH3 is 1. The maximum atomic E-state index is 11.4. The third-order valence-electron chi connectivity index (χ3n) is 2.16. The van der Waals surface area contributed by atoms with Gasteiger partial charge in [-0.1, -0.05) is 0 Å². The standard InChI is InChI=1S/C9H13N3O4/c1-6-9(12(14)15)8(11(2)10-6)4-7(13)5-16-3/h4-5H2,1-3H3. The number of carbonyl (C=O) groups excluding carboxylic acids is 1. The molecule has 0 bridgehead atoms. The van der Waals surface area contributed by atoms with Crippen LogP contribution >= 0.6 is 0 Å². The third-order valence-corrected chi connectivity index (χ3v) is 2.16. The van der Waals surface area contributed by atoms with Crippen molar-refractivity contribution in [1.82, 2.24) is 9.78 Å². The van der Waals surface area contributed by atoms with Crippen LogP contribution in [-0.4, -0.2) is 34.2 Å². The van der Waals surface area contributed by atoms with E-state index >= 15 is 0 Å². The van der Waals surface area contributed by atoms with E-state index in [1.807, 2.05) is 0 Å². The molecule has 1 rings (SSSR count). The lowest BCUT2D eigenvalue weighted by molar-refractivity contribution is -0.386. The molecule has 0 unspecified atom stereocenters. The van der Waals surface area contributed by atoms with Crippen LogP contribution in [0.2, 0.25) is 0 Å². The Hall–Kier alpha value is -1.76. The fourth-order valence-electron chi connectivity index (χ4n) is 1.53. The topological polar surface area (TPSA) is 87.3 Å². The first-order valence-corrected chi connectivity index (χ1v) is 4.64. The van der Waals surface area contributed by atoms with Gasteiger partial charge in [-0.2, -0.15) is 5.10 Å². The molecule has 1 aromatic rings. The highest BCUT2D eigenvalue weighted by Gasteiger charge is 2.25. The van der Waals surface area contributed by atoms with Crippen molar-refractivity contribution in [3.05, 3.63) is 21.5 Å². The second-order valence-corrected chi connectivity index (χ2v) is 3.41.